The number of hydrogen-bond acceptors (Lipinski definition) is 4. The van der Waals surface area contributed by atoms with E-state index in [1.165, 1.54) is 0 Å². The maximum atomic E-state index is 11.5. The van der Waals surface area contributed by atoms with E-state index in [4.69, 9.17) is 10.2 Å². The van der Waals surface area contributed by atoms with Crippen molar-refractivity contribution in [1.29, 1.82) is 0 Å². The van der Waals surface area contributed by atoms with Crippen LogP contribution in [0.25, 0.3) is 0 Å². The van der Waals surface area contributed by atoms with Gasteiger partial charge in [0.05, 0.1) is 12.2 Å². The van der Waals surface area contributed by atoms with E-state index in [1.807, 2.05) is 6.07 Å². The molecule has 0 saturated heterocycles. The first-order valence-corrected chi connectivity index (χ1v) is 4.92. The van der Waals surface area contributed by atoms with Crippen LogP contribution in [0.3, 0.4) is 0 Å². The van der Waals surface area contributed by atoms with Gasteiger partial charge in [0.1, 0.15) is 11.6 Å². The second-order valence-electron chi connectivity index (χ2n) is 3.72. The Morgan fingerprint density at radius 1 is 1.56 bits per heavy atom. The molecular formula is C10H10N4O2. The molecule has 16 heavy (non-hydrogen) atoms. The molecule has 1 aliphatic rings. The first kappa shape index (κ1) is 9.02. The summed E-state index contributed by atoms with van der Waals surface area (Å²) < 4.78 is 5.33. The second-order valence-corrected chi connectivity index (χ2v) is 3.72. The Labute approximate surface area is 90.8 Å². The number of amides is 1. The summed E-state index contributed by atoms with van der Waals surface area (Å²) in [5.74, 6) is 1.45. The van der Waals surface area contributed by atoms with E-state index < -0.39 is 0 Å². The predicted molar refractivity (Wildman–Crippen MR) is 56.8 cm³/mol. The molecule has 0 unspecified atom stereocenters. The van der Waals surface area contributed by atoms with Crippen molar-refractivity contribution < 1.29 is 9.21 Å². The van der Waals surface area contributed by atoms with Crippen LogP contribution in [0.5, 0.6) is 0 Å². The highest BCUT2D eigenvalue weighted by Gasteiger charge is 2.32. The topological polar surface area (TPSA) is 96.9 Å². The van der Waals surface area contributed by atoms with Crippen LogP contribution in [0.2, 0.25) is 0 Å². The average molecular weight is 218 g/mol. The number of fused-ring (bicyclic) bond motifs is 1. The van der Waals surface area contributed by atoms with Crippen molar-refractivity contribution in [3.63, 3.8) is 0 Å². The van der Waals surface area contributed by atoms with E-state index in [9.17, 15) is 4.79 Å². The quantitative estimate of drug-likeness (QED) is 0.666. The number of anilines is 2. The zero-order valence-corrected chi connectivity index (χ0v) is 8.36. The third-order valence-electron chi connectivity index (χ3n) is 2.72. The van der Waals surface area contributed by atoms with E-state index in [2.05, 4.69) is 15.5 Å². The molecule has 0 saturated carbocycles. The van der Waals surface area contributed by atoms with Crippen molar-refractivity contribution in [3.8, 4) is 0 Å². The highest BCUT2D eigenvalue weighted by atomic mass is 16.3. The molecule has 0 spiro atoms. The normalized spacial score (nSPS) is 19.2. The zero-order chi connectivity index (χ0) is 11.1. The highest BCUT2D eigenvalue weighted by molar-refractivity contribution is 5.95. The maximum absolute atomic E-state index is 11.5. The molecule has 1 aliphatic heterocycles. The molecular weight excluding hydrogens is 208 g/mol. The van der Waals surface area contributed by atoms with Gasteiger partial charge in [0.25, 0.3) is 0 Å². The van der Waals surface area contributed by atoms with Gasteiger partial charge in [-0.05, 0) is 12.1 Å². The summed E-state index contributed by atoms with van der Waals surface area (Å²) in [7, 11) is 0. The minimum Gasteiger partial charge on any atom is -0.469 e. The highest BCUT2D eigenvalue weighted by Crippen LogP contribution is 2.39. The number of H-pyrrole nitrogens is 1. The van der Waals surface area contributed by atoms with Crippen LogP contribution in [-0.4, -0.2) is 16.1 Å². The van der Waals surface area contributed by atoms with Gasteiger partial charge in [-0.25, -0.2) is 0 Å². The fraction of sp³-hybridized carbons (Fsp3) is 0.200. The van der Waals surface area contributed by atoms with Crippen LogP contribution in [0.1, 0.15) is 23.7 Å². The molecule has 6 heteroatoms. The molecule has 1 atom stereocenters. The van der Waals surface area contributed by atoms with Gasteiger partial charge in [-0.2, -0.15) is 5.10 Å². The SMILES string of the molecule is Nc1[nH]nc2c1[C@H](c1ccco1)CC(=O)N2. The summed E-state index contributed by atoms with van der Waals surface area (Å²) >= 11 is 0. The van der Waals surface area contributed by atoms with Crippen molar-refractivity contribution in [3.05, 3.63) is 29.7 Å². The van der Waals surface area contributed by atoms with Gasteiger partial charge in [0.2, 0.25) is 5.91 Å². The van der Waals surface area contributed by atoms with E-state index in [-0.39, 0.29) is 11.8 Å². The van der Waals surface area contributed by atoms with Gasteiger partial charge < -0.3 is 15.5 Å². The minimum absolute atomic E-state index is 0.0830. The average Bonchev–Trinajstić information content (AvgIpc) is 2.87. The first-order chi connectivity index (χ1) is 7.75. The number of hydrogen-bond donors (Lipinski definition) is 3. The zero-order valence-electron chi connectivity index (χ0n) is 8.36. The lowest BCUT2D eigenvalue weighted by molar-refractivity contribution is -0.116. The van der Waals surface area contributed by atoms with Crippen LogP contribution in [-0.2, 0) is 4.79 Å². The van der Waals surface area contributed by atoms with Gasteiger partial charge in [-0.15, -0.1) is 0 Å². The number of aromatic amines is 1. The summed E-state index contributed by atoms with van der Waals surface area (Å²) in [4.78, 5) is 11.5. The lowest BCUT2D eigenvalue weighted by Gasteiger charge is -2.20. The third kappa shape index (κ3) is 1.19. The molecule has 0 radical (unpaired) electrons. The number of nitrogens with one attached hydrogen (secondary N) is 2. The van der Waals surface area contributed by atoms with Gasteiger partial charge in [-0.3, -0.25) is 9.89 Å². The fourth-order valence-corrected chi connectivity index (χ4v) is 2.02. The molecule has 4 N–H and O–H groups in total. The van der Waals surface area contributed by atoms with Crippen molar-refractivity contribution in [2.45, 2.75) is 12.3 Å². The van der Waals surface area contributed by atoms with Crippen molar-refractivity contribution in [1.82, 2.24) is 10.2 Å². The molecule has 2 aromatic heterocycles. The molecule has 2 aromatic rings. The number of nitrogen functional groups attached to an aromatic ring is 1. The number of aromatic nitrogens is 2. The van der Waals surface area contributed by atoms with E-state index >= 15 is 0 Å². The molecule has 0 aliphatic carbocycles. The molecule has 0 fully saturated rings. The third-order valence-corrected chi connectivity index (χ3v) is 2.72. The van der Waals surface area contributed by atoms with Crippen LogP contribution in [0.4, 0.5) is 11.6 Å². The van der Waals surface area contributed by atoms with Gasteiger partial charge in [0.15, 0.2) is 5.82 Å². The number of carbonyl (C=O) groups is 1. The van der Waals surface area contributed by atoms with Gasteiger partial charge >= 0.3 is 0 Å². The summed E-state index contributed by atoms with van der Waals surface area (Å²) in [6.45, 7) is 0. The van der Waals surface area contributed by atoms with Crippen molar-refractivity contribution in [2.24, 2.45) is 0 Å². The Hall–Kier alpha value is -2.24. The number of rotatable bonds is 1. The molecule has 82 valence electrons. The smallest absolute Gasteiger partial charge is 0.226 e. The Morgan fingerprint density at radius 2 is 2.44 bits per heavy atom. The van der Waals surface area contributed by atoms with E-state index in [1.54, 1.807) is 12.3 Å². The Balaban J connectivity index is 2.13. The summed E-state index contributed by atoms with van der Waals surface area (Å²) in [6, 6.07) is 3.62. The van der Waals surface area contributed by atoms with E-state index in [0.717, 1.165) is 11.3 Å². The van der Waals surface area contributed by atoms with Crippen LogP contribution in [0, 0.1) is 0 Å². The van der Waals surface area contributed by atoms with Crippen molar-refractivity contribution in [2.75, 3.05) is 11.1 Å². The summed E-state index contributed by atoms with van der Waals surface area (Å²) in [6.07, 6.45) is 1.90. The Morgan fingerprint density at radius 3 is 3.19 bits per heavy atom. The molecule has 1 amide bonds. The Kier molecular flexibility index (Phi) is 1.76. The first-order valence-electron chi connectivity index (χ1n) is 4.92. The van der Waals surface area contributed by atoms with Crippen LogP contribution < -0.4 is 11.1 Å². The monoisotopic (exact) mass is 218 g/mol. The van der Waals surface area contributed by atoms with Crippen molar-refractivity contribution >= 4 is 17.5 Å². The Bertz CT molecular complexity index is 529. The predicted octanol–water partition coefficient (Wildman–Crippen LogP) is 1.06. The molecule has 6 nitrogen and oxygen atoms in total. The molecule has 0 bridgehead atoms. The number of carbonyl (C=O) groups excluding carboxylic acids is 1. The van der Waals surface area contributed by atoms with Crippen LogP contribution in [0.15, 0.2) is 22.8 Å². The summed E-state index contributed by atoms with van der Waals surface area (Å²) in [5, 5.41) is 9.28. The molecule has 0 aromatic carbocycles. The minimum atomic E-state index is -0.155. The van der Waals surface area contributed by atoms with Gasteiger partial charge in [0, 0.05) is 12.0 Å². The lowest BCUT2D eigenvalue weighted by Crippen LogP contribution is -2.23. The van der Waals surface area contributed by atoms with E-state index in [0.29, 0.717) is 18.1 Å². The number of nitrogens with two attached hydrogens (primary N) is 1. The number of nitrogens with zero attached hydrogens (tertiary/aromatic N) is 1. The number of furan rings is 1. The van der Waals surface area contributed by atoms with Gasteiger partial charge in [-0.1, -0.05) is 0 Å². The standard InChI is InChI=1S/C10H10N4O2/c11-9-8-5(6-2-1-3-16-6)4-7(15)12-10(8)14-13-9/h1-3,5H,4H2,(H4,11,12,13,14,15)/t5-/m0/s1. The molecule has 3 heterocycles. The maximum Gasteiger partial charge on any atom is 0.226 e. The largest absolute Gasteiger partial charge is 0.469 e. The second kappa shape index (κ2) is 3.13. The lowest BCUT2D eigenvalue weighted by atomic mass is 9.91. The van der Waals surface area contributed by atoms with Crippen LogP contribution >= 0.6 is 0 Å². The molecule has 3 rings (SSSR count). The summed E-state index contributed by atoms with van der Waals surface area (Å²) in [5.41, 5.74) is 6.59. The fourth-order valence-electron chi connectivity index (χ4n) is 2.02.